The number of aromatic nitrogens is 3. The van der Waals surface area contributed by atoms with Crippen LogP contribution in [-0.4, -0.2) is 76.3 Å². The van der Waals surface area contributed by atoms with Gasteiger partial charge in [-0.05, 0) is 37.8 Å². The van der Waals surface area contributed by atoms with E-state index in [0.717, 1.165) is 39.0 Å². The molecule has 1 saturated heterocycles. The molecule has 1 aromatic heterocycles. The van der Waals surface area contributed by atoms with E-state index in [2.05, 4.69) is 68.3 Å². The second-order valence-corrected chi connectivity index (χ2v) is 9.91. The summed E-state index contributed by atoms with van der Waals surface area (Å²) in [6.07, 6.45) is 20.2. The highest BCUT2D eigenvalue weighted by Crippen LogP contribution is 2.38. The van der Waals surface area contributed by atoms with E-state index < -0.39 is 0 Å². The molecular weight excluding hydrogens is 432 g/mol. The van der Waals surface area contributed by atoms with Crippen LogP contribution in [0.4, 0.5) is 17.8 Å². The third-order valence-electron chi connectivity index (χ3n) is 6.19. The molecule has 4 unspecified atom stereocenters. The molecule has 0 amide bonds. The molecule has 4 rings (SSSR count). The van der Waals surface area contributed by atoms with E-state index in [1.807, 2.05) is 23.9 Å². The summed E-state index contributed by atoms with van der Waals surface area (Å²) in [5, 5.41) is 3.80. The first-order valence-electron chi connectivity index (χ1n) is 11.5. The molecule has 0 saturated carbocycles. The number of piperazine rings is 1. The molecule has 3 aliphatic rings. The van der Waals surface area contributed by atoms with E-state index in [9.17, 15) is 0 Å². The van der Waals surface area contributed by atoms with E-state index in [0.29, 0.717) is 41.4 Å². The molecule has 33 heavy (non-hydrogen) atoms. The van der Waals surface area contributed by atoms with Gasteiger partial charge < -0.3 is 15.1 Å². The largest absolute Gasteiger partial charge is 0.338 e. The van der Waals surface area contributed by atoms with Crippen molar-refractivity contribution in [2.75, 3.05) is 43.4 Å². The fourth-order valence-electron chi connectivity index (χ4n) is 4.14. The number of anilines is 2. The van der Waals surface area contributed by atoms with Crippen molar-refractivity contribution in [3.63, 3.8) is 0 Å². The Kier molecular flexibility index (Phi) is 8.13. The highest BCUT2D eigenvalue weighted by Gasteiger charge is 2.32. The van der Waals surface area contributed by atoms with E-state index in [4.69, 9.17) is 16.4 Å². The molecule has 174 valence electrons. The molecule has 0 aromatic carbocycles. The van der Waals surface area contributed by atoms with E-state index in [1.165, 1.54) is 0 Å². The van der Waals surface area contributed by atoms with Gasteiger partial charge in [-0.1, -0.05) is 25.2 Å². The Morgan fingerprint density at radius 3 is 2.82 bits per heavy atom. The quantitative estimate of drug-likeness (QED) is 0.376. The Hall–Kier alpha value is -2.70. The molecule has 1 N–H and O–H groups in total. The van der Waals surface area contributed by atoms with Crippen LogP contribution in [0.3, 0.4) is 0 Å². The highest BCUT2D eigenvalue weighted by atomic mass is 32.2. The number of hydrogen-bond acceptors (Lipinski definition) is 9. The Bertz CT molecular complexity index is 958. The van der Waals surface area contributed by atoms with Gasteiger partial charge in [0.15, 0.2) is 5.50 Å². The molecule has 3 heterocycles. The summed E-state index contributed by atoms with van der Waals surface area (Å²) >= 11 is 1.83. The smallest absolute Gasteiger partial charge is 0.255 e. The lowest BCUT2D eigenvalue weighted by Crippen LogP contribution is -2.45. The van der Waals surface area contributed by atoms with Gasteiger partial charge in [0.1, 0.15) is 0 Å². The van der Waals surface area contributed by atoms with E-state index in [-0.39, 0.29) is 5.50 Å². The first-order chi connectivity index (χ1) is 16.1. The SMILES string of the molecule is C#CC/C=C\C=Nc1nc(NC2N=CC(C3CC=CCC3C)S2)nc(N2CCN(C)CC2)n1. The summed E-state index contributed by atoms with van der Waals surface area (Å²) in [6.45, 7) is 6.02. The van der Waals surface area contributed by atoms with Crippen LogP contribution < -0.4 is 10.2 Å². The number of terminal acetylenes is 1. The van der Waals surface area contributed by atoms with Crippen LogP contribution in [0, 0.1) is 24.2 Å². The number of likely N-dealkylation sites (N-methyl/N-ethyl adjacent to an activating group) is 1. The summed E-state index contributed by atoms with van der Waals surface area (Å²) in [6, 6.07) is 0. The molecular formula is C24H32N8S. The van der Waals surface area contributed by atoms with Crippen LogP contribution in [0.25, 0.3) is 0 Å². The Balaban J connectivity index is 1.47. The van der Waals surface area contributed by atoms with E-state index >= 15 is 0 Å². The molecule has 8 nitrogen and oxygen atoms in total. The maximum atomic E-state index is 5.28. The normalized spacial score (nSPS) is 28.1. The lowest BCUT2D eigenvalue weighted by Gasteiger charge is -2.32. The van der Waals surface area contributed by atoms with Gasteiger partial charge in [-0.2, -0.15) is 15.0 Å². The third-order valence-corrected chi connectivity index (χ3v) is 7.47. The van der Waals surface area contributed by atoms with Crippen molar-refractivity contribution < 1.29 is 0 Å². The maximum absolute atomic E-state index is 5.28. The fourth-order valence-corrected chi connectivity index (χ4v) is 5.47. The number of thioether (sulfide) groups is 1. The lowest BCUT2D eigenvalue weighted by atomic mass is 9.82. The first-order valence-corrected chi connectivity index (χ1v) is 12.5. The number of aliphatic imine (C=N–C) groups is 2. The minimum Gasteiger partial charge on any atom is -0.338 e. The molecule has 4 atom stereocenters. The molecule has 1 aliphatic carbocycles. The third kappa shape index (κ3) is 6.42. The maximum Gasteiger partial charge on any atom is 0.255 e. The first kappa shape index (κ1) is 23.5. The topological polar surface area (TPSA) is 81.9 Å². The monoisotopic (exact) mass is 464 g/mol. The zero-order chi connectivity index (χ0) is 23.0. The molecule has 0 bridgehead atoms. The van der Waals surface area contributed by atoms with Crippen molar-refractivity contribution in [3.8, 4) is 12.3 Å². The Morgan fingerprint density at radius 2 is 2.03 bits per heavy atom. The van der Waals surface area contributed by atoms with Crippen LogP contribution in [-0.2, 0) is 0 Å². The predicted octanol–water partition coefficient (Wildman–Crippen LogP) is 3.39. The number of nitrogens with zero attached hydrogens (tertiary/aromatic N) is 7. The minimum absolute atomic E-state index is 0.108. The summed E-state index contributed by atoms with van der Waals surface area (Å²) in [5.41, 5.74) is -0.108. The molecule has 0 radical (unpaired) electrons. The van der Waals surface area contributed by atoms with Gasteiger partial charge in [0, 0.05) is 50.3 Å². The average molecular weight is 465 g/mol. The zero-order valence-electron chi connectivity index (χ0n) is 19.3. The zero-order valence-corrected chi connectivity index (χ0v) is 20.2. The number of allylic oxidation sites excluding steroid dienone is 4. The second kappa shape index (κ2) is 11.4. The highest BCUT2D eigenvalue weighted by molar-refractivity contribution is 8.01. The van der Waals surface area contributed by atoms with Gasteiger partial charge in [-0.25, -0.2) is 4.99 Å². The van der Waals surface area contributed by atoms with Crippen molar-refractivity contribution in [1.82, 2.24) is 19.9 Å². The predicted molar refractivity (Wildman–Crippen MR) is 139 cm³/mol. The van der Waals surface area contributed by atoms with Crippen LogP contribution >= 0.6 is 11.8 Å². The van der Waals surface area contributed by atoms with Crippen molar-refractivity contribution >= 4 is 42.0 Å². The summed E-state index contributed by atoms with van der Waals surface area (Å²) in [4.78, 5) is 27.5. The van der Waals surface area contributed by atoms with Crippen LogP contribution in [0.1, 0.15) is 26.2 Å². The summed E-state index contributed by atoms with van der Waals surface area (Å²) < 4.78 is 0. The molecule has 2 aliphatic heterocycles. The molecule has 1 fully saturated rings. The van der Waals surface area contributed by atoms with Crippen LogP contribution in [0.2, 0.25) is 0 Å². The van der Waals surface area contributed by atoms with Gasteiger partial charge in [-0.3, -0.25) is 4.99 Å². The van der Waals surface area contributed by atoms with Gasteiger partial charge >= 0.3 is 0 Å². The molecule has 0 spiro atoms. The Labute approximate surface area is 200 Å². The van der Waals surface area contributed by atoms with E-state index in [1.54, 1.807) is 6.21 Å². The average Bonchev–Trinajstić information content (AvgIpc) is 3.27. The lowest BCUT2D eigenvalue weighted by molar-refractivity contribution is 0.311. The number of rotatable bonds is 7. The molecule has 1 aromatic rings. The number of hydrogen-bond donors (Lipinski definition) is 1. The van der Waals surface area contributed by atoms with Crippen molar-refractivity contribution in [3.05, 3.63) is 24.3 Å². The minimum atomic E-state index is -0.108. The van der Waals surface area contributed by atoms with Crippen molar-refractivity contribution in [1.29, 1.82) is 0 Å². The summed E-state index contributed by atoms with van der Waals surface area (Å²) in [7, 11) is 2.13. The van der Waals surface area contributed by atoms with Crippen LogP contribution in [0.5, 0.6) is 0 Å². The second-order valence-electron chi connectivity index (χ2n) is 8.64. The van der Waals surface area contributed by atoms with Gasteiger partial charge in [0.25, 0.3) is 5.95 Å². The van der Waals surface area contributed by atoms with Crippen LogP contribution in [0.15, 0.2) is 34.3 Å². The number of nitrogens with one attached hydrogen (secondary N) is 1. The molecule has 9 heteroatoms. The van der Waals surface area contributed by atoms with Gasteiger partial charge in [0.2, 0.25) is 11.9 Å². The Morgan fingerprint density at radius 1 is 1.21 bits per heavy atom. The van der Waals surface area contributed by atoms with Gasteiger partial charge in [0.05, 0.1) is 0 Å². The van der Waals surface area contributed by atoms with Crippen molar-refractivity contribution in [2.24, 2.45) is 21.8 Å². The standard InChI is InChI=1S/C24H32N8S/c1-4-5-6-9-12-25-21-27-22(29-23(28-21)32-15-13-31(3)14-16-32)30-24-26-17-20(33-24)19-11-8-7-10-18(19)2/h1,6-9,12,17-20,24H,5,10-11,13-16H2,2-3H3,(H,27,28,29,30)/b9-6-,25-12?. The fraction of sp³-hybridized carbons (Fsp3) is 0.542. The summed E-state index contributed by atoms with van der Waals surface area (Å²) in [5.74, 6) is 5.39. The van der Waals surface area contributed by atoms with Crippen molar-refractivity contribution in [2.45, 2.75) is 36.9 Å². The van der Waals surface area contributed by atoms with Gasteiger partial charge in [-0.15, -0.1) is 24.1 Å².